The van der Waals surface area contributed by atoms with Gasteiger partial charge in [-0.05, 0) is 44.9 Å². The maximum atomic E-state index is 11.5. The molecule has 0 radical (unpaired) electrons. The highest BCUT2D eigenvalue weighted by molar-refractivity contribution is 6.30. The van der Waals surface area contributed by atoms with Gasteiger partial charge in [-0.25, -0.2) is 0 Å². The number of carbonyl (C=O) groups excluding carboxylic acids is 1. The van der Waals surface area contributed by atoms with Crippen LogP contribution in [-0.2, 0) is 11.2 Å². The summed E-state index contributed by atoms with van der Waals surface area (Å²) < 4.78 is 0. The Kier molecular flexibility index (Phi) is 5.63. The summed E-state index contributed by atoms with van der Waals surface area (Å²) in [5.74, 6) is 0.0203. The Hall–Kier alpha value is -1.06. The van der Waals surface area contributed by atoms with E-state index in [9.17, 15) is 4.79 Å². The Labute approximate surface area is 114 Å². The van der Waals surface area contributed by atoms with E-state index in [1.807, 2.05) is 45.0 Å². The van der Waals surface area contributed by atoms with Crippen LogP contribution in [0.15, 0.2) is 24.3 Å². The molecule has 18 heavy (non-hydrogen) atoms. The molecule has 0 saturated heterocycles. The molecular weight excluding hydrogens is 248 g/mol. The number of nitrogens with one attached hydrogen (secondary N) is 2. The van der Waals surface area contributed by atoms with Gasteiger partial charge in [0.1, 0.15) is 0 Å². The van der Waals surface area contributed by atoms with Crippen LogP contribution in [0.25, 0.3) is 0 Å². The minimum Gasteiger partial charge on any atom is -0.355 e. The normalized spacial score (nSPS) is 11.3. The van der Waals surface area contributed by atoms with E-state index < -0.39 is 0 Å². The van der Waals surface area contributed by atoms with E-state index in [1.165, 1.54) is 0 Å². The highest BCUT2D eigenvalue weighted by atomic mass is 35.5. The number of hydrogen-bond donors (Lipinski definition) is 2. The molecule has 100 valence electrons. The number of amides is 1. The second kappa shape index (κ2) is 6.76. The molecule has 1 aromatic carbocycles. The Morgan fingerprint density at radius 1 is 1.33 bits per heavy atom. The summed E-state index contributed by atoms with van der Waals surface area (Å²) in [6.07, 6.45) is 0.793. The van der Waals surface area contributed by atoms with E-state index in [-0.39, 0.29) is 11.4 Å². The lowest BCUT2D eigenvalue weighted by Gasteiger charge is -2.20. The second-order valence-corrected chi connectivity index (χ2v) is 5.77. The zero-order valence-corrected chi connectivity index (χ0v) is 12.0. The van der Waals surface area contributed by atoms with E-state index in [2.05, 4.69) is 10.6 Å². The van der Waals surface area contributed by atoms with Gasteiger partial charge in [0.2, 0.25) is 5.91 Å². The van der Waals surface area contributed by atoms with Gasteiger partial charge >= 0.3 is 0 Å². The molecule has 0 aliphatic carbocycles. The van der Waals surface area contributed by atoms with E-state index in [1.54, 1.807) is 0 Å². The SMILES string of the molecule is CC(C)(C)NCC(=O)NCCc1cccc(Cl)c1. The Balaban J connectivity index is 2.23. The third kappa shape index (κ3) is 6.62. The highest BCUT2D eigenvalue weighted by Crippen LogP contribution is 2.10. The minimum absolute atomic E-state index is 0.0203. The van der Waals surface area contributed by atoms with Crippen molar-refractivity contribution in [3.05, 3.63) is 34.9 Å². The van der Waals surface area contributed by atoms with Crippen LogP contribution in [0.1, 0.15) is 26.3 Å². The van der Waals surface area contributed by atoms with Crippen LogP contribution in [0, 0.1) is 0 Å². The maximum Gasteiger partial charge on any atom is 0.233 e. The molecule has 0 bridgehead atoms. The molecule has 0 heterocycles. The molecule has 4 heteroatoms. The predicted octanol–water partition coefficient (Wildman–Crippen LogP) is 2.39. The summed E-state index contributed by atoms with van der Waals surface area (Å²) in [6.45, 7) is 7.08. The van der Waals surface area contributed by atoms with E-state index in [0.717, 1.165) is 17.0 Å². The van der Waals surface area contributed by atoms with Gasteiger partial charge in [0.05, 0.1) is 6.54 Å². The Morgan fingerprint density at radius 3 is 2.67 bits per heavy atom. The van der Waals surface area contributed by atoms with Crippen molar-refractivity contribution in [2.45, 2.75) is 32.7 Å². The molecule has 0 unspecified atom stereocenters. The molecule has 0 aliphatic heterocycles. The van der Waals surface area contributed by atoms with E-state index >= 15 is 0 Å². The van der Waals surface area contributed by atoms with Crippen molar-refractivity contribution in [1.82, 2.24) is 10.6 Å². The minimum atomic E-state index is -0.0374. The van der Waals surface area contributed by atoms with Gasteiger partial charge in [-0.1, -0.05) is 23.7 Å². The molecule has 0 fully saturated rings. The molecule has 0 spiro atoms. The van der Waals surface area contributed by atoms with Crippen LogP contribution >= 0.6 is 11.6 Å². The molecule has 1 rings (SSSR count). The molecule has 0 atom stereocenters. The van der Waals surface area contributed by atoms with Gasteiger partial charge in [0.15, 0.2) is 0 Å². The lowest BCUT2D eigenvalue weighted by Crippen LogP contribution is -2.43. The third-order valence-electron chi connectivity index (χ3n) is 2.40. The first kappa shape index (κ1) is 15.0. The molecule has 1 amide bonds. The van der Waals surface area contributed by atoms with Crippen molar-refractivity contribution in [2.75, 3.05) is 13.1 Å². The van der Waals surface area contributed by atoms with Crippen molar-refractivity contribution < 1.29 is 4.79 Å². The monoisotopic (exact) mass is 268 g/mol. The van der Waals surface area contributed by atoms with Crippen molar-refractivity contribution in [3.63, 3.8) is 0 Å². The van der Waals surface area contributed by atoms with Gasteiger partial charge in [-0.15, -0.1) is 0 Å². The number of rotatable bonds is 5. The molecule has 0 saturated carbocycles. The van der Waals surface area contributed by atoms with Crippen molar-refractivity contribution in [2.24, 2.45) is 0 Å². The average molecular weight is 269 g/mol. The first-order chi connectivity index (χ1) is 8.37. The number of hydrogen-bond acceptors (Lipinski definition) is 2. The summed E-state index contributed by atoms with van der Waals surface area (Å²) in [5.41, 5.74) is 1.09. The zero-order chi connectivity index (χ0) is 13.6. The Morgan fingerprint density at radius 2 is 2.06 bits per heavy atom. The fraction of sp³-hybridized carbons (Fsp3) is 0.500. The smallest absolute Gasteiger partial charge is 0.233 e. The van der Waals surface area contributed by atoms with Crippen LogP contribution in [-0.4, -0.2) is 24.5 Å². The second-order valence-electron chi connectivity index (χ2n) is 5.33. The molecular formula is C14H21ClN2O. The first-order valence-corrected chi connectivity index (χ1v) is 6.51. The lowest BCUT2D eigenvalue weighted by molar-refractivity contribution is -0.120. The fourth-order valence-electron chi connectivity index (χ4n) is 1.45. The quantitative estimate of drug-likeness (QED) is 0.861. The van der Waals surface area contributed by atoms with Crippen LogP contribution in [0.4, 0.5) is 0 Å². The molecule has 2 N–H and O–H groups in total. The van der Waals surface area contributed by atoms with E-state index in [0.29, 0.717) is 13.1 Å². The van der Waals surface area contributed by atoms with Crippen LogP contribution in [0.3, 0.4) is 0 Å². The van der Waals surface area contributed by atoms with Gasteiger partial charge in [-0.3, -0.25) is 4.79 Å². The summed E-state index contributed by atoms with van der Waals surface area (Å²) in [7, 11) is 0. The summed E-state index contributed by atoms with van der Waals surface area (Å²) in [4.78, 5) is 11.5. The first-order valence-electron chi connectivity index (χ1n) is 6.13. The fourth-order valence-corrected chi connectivity index (χ4v) is 1.66. The molecule has 3 nitrogen and oxygen atoms in total. The van der Waals surface area contributed by atoms with Crippen molar-refractivity contribution in [3.8, 4) is 0 Å². The summed E-state index contributed by atoms with van der Waals surface area (Å²) in [6, 6.07) is 7.68. The average Bonchev–Trinajstić information content (AvgIpc) is 2.25. The topological polar surface area (TPSA) is 41.1 Å². The third-order valence-corrected chi connectivity index (χ3v) is 2.64. The van der Waals surface area contributed by atoms with Gasteiger partial charge in [0.25, 0.3) is 0 Å². The maximum absolute atomic E-state index is 11.5. The summed E-state index contributed by atoms with van der Waals surface area (Å²) in [5, 5.41) is 6.75. The number of carbonyl (C=O) groups is 1. The molecule has 1 aromatic rings. The predicted molar refractivity (Wildman–Crippen MR) is 75.9 cm³/mol. The highest BCUT2D eigenvalue weighted by Gasteiger charge is 2.10. The Bertz CT molecular complexity index is 399. The van der Waals surface area contributed by atoms with Gasteiger partial charge in [0, 0.05) is 17.1 Å². The lowest BCUT2D eigenvalue weighted by atomic mass is 10.1. The largest absolute Gasteiger partial charge is 0.355 e. The van der Waals surface area contributed by atoms with Gasteiger partial charge in [-0.2, -0.15) is 0 Å². The molecule has 0 aromatic heterocycles. The van der Waals surface area contributed by atoms with Crippen molar-refractivity contribution in [1.29, 1.82) is 0 Å². The van der Waals surface area contributed by atoms with E-state index in [4.69, 9.17) is 11.6 Å². The van der Waals surface area contributed by atoms with Crippen LogP contribution in [0.5, 0.6) is 0 Å². The number of halogens is 1. The zero-order valence-electron chi connectivity index (χ0n) is 11.2. The molecule has 0 aliphatic rings. The van der Waals surface area contributed by atoms with Crippen molar-refractivity contribution >= 4 is 17.5 Å². The van der Waals surface area contributed by atoms with Crippen LogP contribution < -0.4 is 10.6 Å². The van der Waals surface area contributed by atoms with Crippen LogP contribution in [0.2, 0.25) is 5.02 Å². The van der Waals surface area contributed by atoms with Gasteiger partial charge < -0.3 is 10.6 Å². The standard InChI is InChI=1S/C14H21ClN2O/c1-14(2,3)17-10-13(18)16-8-7-11-5-4-6-12(15)9-11/h4-6,9,17H,7-8,10H2,1-3H3,(H,16,18). The summed E-state index contributed by atoms with van der Waals surface area (Å²) >= 11 is 5.89. The number of benzene rings is 1.